The van der Waals surface area contributed by atoms with E-state index in [1.54, 1.807) is 30.9 Å². The second-order valence-corrected chi connectivity index (χ2v) is 25.5. The molecule has 0 spiro atoms. The van der Waals surface area contributed by atoms with Gasteiger partial charge in [-0.1, -0.05) is 18.2 Å². The van der Waals surface area contributed by atoms with Gasteiger partial charge in [0.1, 0.15) is 45.3 Å². The Morgan fingerprint density at radius 3 is 1.70 bits per heavy atom. The van der Waals surface area contributed by atoms with E-state index in [1.165, 1.54) is 18.3 Å². The summed E-state index contributed by atoms with van der Waals surface area (Å²) < 4.78 is 58.4. The Bertz CT molecular complexity index is 5520. The van der Waals surface area contributed by atoms with Crippen molar-refractivity contribution in [2.45, 2.75) is 50.5 Å². The lowest BCUT2D eigenvalue weighted by Crippen LogP contribution is -2.47. The average molecular weight is 1280 g/mol. The van der Waals surface area contributed by atoms with Crippen LogP contribution >= 0.6 is 0 Å². The molecule has 0 radical (unpaired) electrons. The minimum absolute atomic E-state index is 0.00953. The van der Waals surface area contributed by atoms with Gasteiger partial charge in [0.25, 0.3) is 5.92 Å². The minimum atomic E-state index is -2.70. The van der Waals surface area contributed by atoms with Crippen molar-refractivity contribution in [2.75, 3.05) is 67.6 Å². The normalized spacial score (nSPS) is 17.2. The Morgan fingerprint density at radius 2 is 1.05 bits per heavy atom. The number of halogens is 4. The Balaban J connectivity index is 0.678. The van der Waals surface area contributed by atoms with Crippen LogP contribution in [-0.2, 0) is 0 Å². The van der Waals surface area contributed by atoms with Gasteiger partial charge in [-0.15, -0.1) is 0 Å². The number of H-pyrrole nitrogens is 6. The van der Waals surface area contributed by atoms with Crippen LogP contribution < -0.4 is 14.7 Å². The molecule has 21 nitrogen and oxygen atoms in total. The molecule has 0 saturated carbocycles. The highest BCUT2D eigenvalue weighted by molar-refractivity contribution is 6.02. The van der Waals surface area contributed by atoms with Crippen molar-refractivity contribution in [3.63, 3.8) is 0 Å². The predicted octanol–water partition coefficient (Wildman–Crippen LogP) is 13.6. The van der Waals surface area contributed by atoms with E-state index in [4.69, 9.17) is 40.2 Å². The second-order valence-electron chi connectivity index (χ2n) is 25.5. The van der Waals surface area contributed by atoms with Crippen LogP contribution in [-0.4, -0.2) is 149 Å². The summed E-state index contributed by atoms with van der Waals surface area (Å²) in [5.74, 6) is 0.231. The molecule has 96 heavy (non-hydrogen) atoms. The van der Waals surface area contributed by atoms with Gasteiger partial charge in [-0.05, 0) is 145 Å². The van der Waals surface area contributed by atoms with Gasteiger partial charge >= 0.3 is 0 Å². The topological polar surface area (TPSA) is 249 Å². The third-order valence-electron chi connectivity index (χ3n) is 19.5. The van der Waals surface area contributed by atoms with Gasteiger partial charge < -0.3 is 29.7 Å². The summed E-state index contributed by atoms with van der Waals surface area (Å²) in [5.41, 5.74) is 16.5. The number of aromatic amines is 6. The largest absolute Gasteiger partial charge is 0.354 e. The van der Waals surface area contributed by atoms with Crippen LogP contribution in [0.4, 0.5) is 35.0 Å². The molecule has 2 atom stereocenters. The van der Waals surface area contributed by atoms with Crippen molar-refractivity contribution in [1.29, 1.82) is 0 Å². The van der Waals surface area contributed by atoms with Crippen LogP contribution in [0.5, 0.6) is 0 Å². The van der Waals surface area contributed by atoms with E-state index in [-0.39, 0.29) is 43.7 Å². The number of aromatic nitrogens is 17. The number of aryl methyl sites for hydroxylation is 1. The van der Waals surface area contributed by atoms with Gasteiger partial charge in [0.15, 0.2) is 34.9 Å². The van der Waals surface area contributed by atoms with E-state index in [0.717, 1.165) is 125 Å². The van der Waals surface area contributed by atoms with Crippen LogP contribution in [0.3, 0.4) is 0 Å². The van der Waals surface area contributed by atoms with Gasteiger partial charge in [0.05, 0.1) is 45.3 Å². The molecule has 476 valence electrons. The molecule has 0 bridgehead atoms. The van der Waals surface area contributed by atoms with Crippen LogP contribution in [0, 0.1) is 18.6 Å². The van der Waals surface area contributed by atoms with Crippen LogP contribution in [0.15, 0.2) is 140 Å². The lowest BCUT2D eigenvalue weighted by molar-refractivity contribution is -0.0221. The predicted molar refractivity (Wildman–Crippen MR) is 362 cm³/mol. The number of piperazine rings is 1. The molecule has 15 aromatic rings. The Kier molecular flexibility index (Phi) is 13.3. The zero-order valence-corrected chi connectivity index (χ0v) is 51.9. The van der Waals surface area contributed by atoms with Crippen molar-refractivity contribution >= 4 is 83.3 Å². The number of likely N-dealkylation sites (N-methyl/N-ethyl adjacent to an activating group) is 1. The fourth-order valence-electron chi connectivity index (χ4n) is 14.6. The first-order valence-electron chi connectivity index (χ1n) is 32.1. The quantitative estimate of drug-likeness (QED) is 0.0659. The van der Waals surface area contributed by atoms with Gasteiger partial charge in [-0.25, -0.2) is 47.5 Å². The lowest BCUT2D eigenvalue weighted by Gasteiger charge is -2.40. The molecule has 14 heterocycles. The van der Waals surface area contributed by atoms with E-state index in [2.05, 4.69) is 91.2 Å². The molecule has 6 N–H and O–H groups in total. The number of pyridine rings is 5. The van der Waals surface area contributed by atoms with Crippen molar-refractivity contribution < 1.29 is 17.6 Å². The highest BCUT2D eigenvalue weighted by Crippen LogP contribution is 2.44. The Morgan fingerprint density at radius 1 is 0.479 bits per heavy atom. The highest BCUT2D eigenvalue weighted by Gasteiger charge is 2.37. The number of hydrogen-bond donors (Lipinski definition) is 6. The average Bonchev–Trinajstić information content (AvgIpc) is 1.69. The number of rotatable bonds is 11. The number of hydrogen-bond acceptors (Lipinski definition) is 15. The molecule has 3 saturated heterocycles. The molecule has 3 fully saturated rings. The monoisotopic (exact) mass is 1280 g/mol. The first-order valence-corrected chi connectivity index (χ1v) is 32.1. The third-order valence-corrected chi connectivity index (χ3v) is 19.5. The summed E-state index contributed by atoms with van der Waals surface area (Å²) >= 11 is 0. The van der Waals surface area contributed by atoms with Gasteiger partial charge in [-0.3, -0.25) is 30.2 Å². The van der Waals surface area contributed by atoms with Crippen molar-refractivity contribution in [3.05, 3.63) is 169 Å². The molecule has 25 heteroatoms. The van der Waals surface area contributed by atoms with Crippen LogP contribution in [0.2, 0.25) is 0 Å². The lowest BCUT2D eigenvalue weighted by atomic mass is 9.86. The standard InChI is InChI=1S/C71H59F4N21/c1-37-23-41(25-45(72)24-37)43-28-47(40-6-4-18-95(35-40)69-63-54(10-16-79-69)81-65(85-63)59-48-27-38(7-8-52(48)87-90-59)44-26-46(73)34-77-33-44)57-50(31-43)60(91-88-57)66-83-55-11-17-80-70(64(55)86-66)96-22-21-93(2)56(36-96)49-29-42(39-5-3-14-76-32-39)30-51-58(49)89-92-61(51)67-82-53-9-15-78-68(62(53)84-67)94-19-12-71(74,75)13-20-94/h3,5,7-11,14-17,23-34,40,56H,4,6,12-13,18-22,35-36H2,1-2H3,(H,81,85)(H,82,84)(H,83,86)(H,87,90)(H,88,91)(H,89,92). The summed E-state index contributed by atoms with van der Waals surface area (Å²) in [7, 11) is 2.14. The SMILES string of the molecule is Cc1cc(F)cc(-c2cc(C3CCCN(c4nccc5[nH]c(-c6n[nH]c7ccc(-c8cncc(F)c8)cc67)nc45)C3)c3[nH]nc(-c4nc5c(N6CCN(C)C(c7cc(-c8cccnc8)cc8c(-c9nc%10c(N%11CCC(F)(F)CC%11)nccc%10[nH]9)n[nH]c78)C6)nccc5[nH]4)c3c2)c1. The summed E-state index contributed by atoms with van der Waals surface area (Å²) in [6, 6.07) is 30.5. The van der Waals surface area contributed by atoms with E-state index in [1.807, 2.05) is 78.8 Å². The zero-order valence-electron chi connectivity index (χ0n) is 51.9. The van der Waals surface area contributed by atoms with Crippen LogP contribution in [0.25, 0.3) is 134 Å². The minimum Gasteiger partial charge on any atom is -0.354 e. The van der Waals surface area contributed by atoms with E-state index < -0.39 is 11.7 Å². The van der Waals surface area contributed by atoms with Crippen molar-refractivity contribution in [3.8, 4) is 67.9 Å². The number of fused-ring (bicyclic) bond motifs is 6. The third kappa shape index (κ3) is 9.89. The second kappa shape index (κ2) is 22.4. The molecular weight excluding hydrogens is 1220 g/mol. The molecule has 11 aromatic heterocycles. The summed E-state index contributed by atoms with van der Waals surface area (Å²) in [5, 5.41) is 27.2. The maximum atomic E-state index is 15.5. The molecule has 0 aliphatic carbocycles. The van der Waals surface area contributed by atoms with E-state index >= 15 is 4.39 Å². The number of imidazole rings is 3. The van der Waals surface area contributed by atoms with Gasteiger partial charge in [-0.2, -0.15) is 15.3 Å². The van der Waals surface area contributed by atoms with Crippen LogP contribution in [0.1, 0.15) is 54.3 Å². The maximum Gasteiger partial charge on any atom is 0.251 e. The first kappa shape index (κ1) is 57.2. The number of nitrogens with zero attached hydrogens (tertiary/aromatic N) is 15. The number of nitrogens with one attached hydrogen (secondary N) is 6. The summed E-state index contributed by atoms with van der Waals surface area (Å²) in [6.07, 6.45) is 13.0. The smallest absolute Gasteiger partial charge is 0.251 e. The molecular formula is C71H59F4N21. The van der Waals surface area contributed by atoms with Crippen molar-refractivity contribution in [1.82, 2.24) is 90.3 Å². The molecule has 3 aliphatic heterocycles. The van der Waals surface area contributed by atoms with E-state index in [9.17, 15) is 13.2 Å². The highest BCUT2D eigenvalue weighted by atomic mass is 19.3. The molecule has 3 aliphatic rings. The number of anilines is 3. The fourth-order valence-corrected chi connectivity index (χ4v) is 14.6. The maximum absolute atomic E-state index is 15.5. The number of benzene rings is 4. The Labute approximate surface area is 543 Å². The summed E-state index contributed by atoms with van der Waals surface area (Å²) in [6.45, 7) is 5.53. The molecule has 2 unspecified atom stereocenters. The number of alkyl halides is 2. The summed E-state index contributed by atoms with van der Waals surface area (Å²) in [4.78, 5) is 58.3. The number of piperidine rings is 2. The van der Waals surface area contributed by atoms with Crippen molar-refractivity contribution in [2.24, 2.45) is 0 Å². The molecule has 18 rings (SSSR count). The Hall–Kier alpha value is -11.5. The zero-order chi connectivity index (χ0) is 64.5. The first-order chi connectivity index (χ1) is 46.9. The van der Waals surface area contributed by atoms with E-state index in [0.29, 0.717) is 88.7 Å². The molecule has 0 amide bonds. The molecule has 4 aromatic carbocycles. The van der Waals surface area contributed by atoms with Gasteiger partial charge in [0, 0.05) is 129 Å². The van der Waals surface area contributed by atoms with Gasteiger partial charge in [0.2, 0.25) is 0 Å². The fraction of sp³-hybridized carbons (Fsp3) is 0.225.